The molecule has 2 rings (SSSR count). The van der Waals surface area contributed by atoms with Gasteiger partial charge in [0.25, 0.3) is 0 Å². The predicted molar refractivity (Wildman–Crippen MR) is 68.5 cm³/mol. The lowest BCUT2D eigenvalue weighted by Crippen LogP contribution is -2.09. The van der Waals surface area contributed by atoms with E-state index in [1.165, 1.54) is 0 Å². The molecule has 17 heavy (non-hydrogen) atoms. The van der Waals surface area contributed by atoms with E-state index in [2.05, 4.69) is 15.5 Å². The number of aromatic nitrogens is 2. The molecule has 1 aromatic carbocycles. The van der Waals surface area contributed by atoms with Gasteiger partial charge in [-0.05, 0) is 32.0 Å². The first-order valence-corrected chi connectivity index (χ1v) is 5.87. The molecule has 0 spiro atoms. The van der Waals surface area contributed by atoms with Crippen LogP contribution in [0.5, 0.6) is 0 Å². The molecule has 1 N–H and O–H groups in total. The highest BCUT2D eigenvalue weighted by Crippen LogP contribution is 2.26. The first-order chi connectivity index (χ1) is 8.04. The van der Waals surface area contributed by atoms with Crippen LogP contribution in [0.3, 0.4) is 0 Å². The zero-order valence-corrected chi connectivity index (χ0v) is 10.9. The number of hydrogen-bond acceptors (Lipinski definition) is 4. The number of hydrogen-bond donors (Lipinski definition) is 1. The van der Waals surface area contributed by atoms with E-state index in [9.17, 15) is 0 Å². The summed E-state index contributed by atoms with van der Waals surface area (Å²) in [6.07, 6.45) is 0. The third-order valence-corrected chi connectivity index (χ3v) is 2.40. The molecule has 0 saturated heterocycles. The first kappa shape index (κ1) is 12.2. The van der Waals surface area contributed by atoms with Crippen LogP contribution in [0.15, 0.2) is 22.7 Å². The van der Waals surface area contributed by atoms with Gasteiger partial charge in [-0.2, -0.15) is 4.98 Å². The van der Waals surface area contributed by atoms with Crippen molar-refractivity contribution >= 4 is 29.2 Å². The molecule has 0 saturated carbocycles. The Bertz CT molecular complexity index is 505. The molecule has 4 nitrogen and oxygen atoms in total. The Morgan fingerprint density at radius 2 is 1.82 bits per heavy atom. The standard InChI is InChI=1S/C11H11Cl2N3O/c1-6(2)14-11-15-10(16-17-11)7-3-8(12)5-9(13)4-7/h3-6H,1-2H3,(H,14,15,16). The molecule has 0 amide bonds. The fourth-order valence-electron chi connectivity index (χ4n) is 1.33. The third-order valence-electron chi connectivity index (χ3n) is 1.96. The minimum Gasteiger partial charge on any atom is -0.336 e. The molecule has 0 unspecified atom stereocenters. The summed E-state index contributed by atoms with van der Waals surface area (Å²) in [4.78, 5) is 4.20. The maximum Gasteiger partial charge on any atom is 0.321 e. The maximum absolute atomic E-state index is 5.90. The third kappa shape index (κ3) is 3.11. The van der Waals surface area contributed by atoms with Crippen molar-refractivity contribution in [2.45, 2.75) is 19.9 Å². The van der Waals surface area contributed by atoms with Gasteiger partial charge in [0, 0.05) is 21.7 Å². The van der Waals surface area contributed by atoms with E-state index in [0.717, 1.165) is 5.56 Å². The molecule has 1 aromatic heterocycles. The van der Waals surface area contributed by atoms with Gasteiger partial charge >= 0.3 is 6.01 Å². The fraction of sp³-hybridized carbons (Fsp3) is 0.273. The summed E-state index contributed by atoms with van der Waals surface area (Å²) in [6, 6.07) is 5.73. The summed E-state index contributed by atoms with van der Waals surface area (Å²) >= 11 is 11.8. The van der Waals surface area contributed by atoms with E-state index < -0.39 is 0 Å². The van der Waals surface area contributed by atoms with Crippen LogP contribution in [0.4, 0.5) is 6.01 Å². The SMILES string of the molecule is CC(C)Nc1nc(-c2cc(Cl)cc(Cl)c2)no1. The van der Waals surface area contributed by atoms with Crippen molar-refractivity contribution in [1.29, 1.82) is 0 Å². The van der Waals surface area contributed by atoms with Gasteiger partial charge in [0.15, 0.2) is 0 Å². The highest BCUT2D eigenvalue weighted by Gasteiger charge is 2.10. The number of halogens is 2. The second-order valence-corrected chi connectivity index (χ2v) is 4.75. The number of anilines is 1. The molecular weight excluding hydrogens is 261 g/mol. The van der Waals surface area contributed by atoms with Crippen molar-refractivity contribution in [3.8, 4) is 11.4 Å². The van der Waals surface area contributed by atoms with Crippen LogP contribution in [0.2, 0.25) is 10.0 Å². The molecule has 0 bridgehead atoms. The second kappa shape index (κ2) is 4.94. The molecule has 0 aliphatic heterocycles. The lowest BCUT2D eigenvalue weighted by atomic mass is 10.2. The normalized spacial score (nSPS) is 10.9. The van der Waals surface area contributed by atoms with Crippen LogP contribution >= 0.6 is 23.2 Å². The van der Waals surface area contributed by atoms with Crippen molar-refractivity contribution in [1.82, 2.24) is 10.1 Å². The van der Waals surface area contributed by atoms with Crippen LogP contribution in [-0.4, -0.2) is 16.2 Å². The molecular formula is C11H11Cl2N3O. The summed E-state index contributed by atoms with van der Waals surface area (Å²) in [7, 11) is 0. The van der Waals surface area contributed by atoms with E-state index in [-0.39, 0.29) is 6.04 Å². The average Bonchev–Trinajstić information content (AvgIpc) is 2.63. The van der Waals surface area contributed by atoms with Gasteiger partial charge in [0.1, 0.15) is 0 Å². The van der Waals surface area contributed by atoms with Gasteiger partial charge in [0.05, 0.1) is 0 Å². The van der Waals surface area contributed by atoms with E-state index >= 15 is 0 Å². The lowest BCUT2D eigenvalue weighted by molar-refractivity contribution is 0.429. The number of nitrogens with zero attached hydrogens (tertiary/aromatic N) is 2. The number of rotatable bonds is 3. The molecule has 0 aliphatic rings. The topological polar surface area (TPSA) is 51.0 Å². The minimum atomic E-state index is 0.228. The Hall–Kier alpha value is -1.26. The van der Waals surface area contributed by atoms with E-state index in [4.69, 9.17) is 27.7 Å². The van der Waals surface area contributed by atoms with Crippen LogP contribution < -0.4 is 5.32 Å². The Labute approximate surface area is 109 Å². The first-order valence-electron chi connectivity index (χ1n) is 5.11. The lowest BCUT2D eigenvalue weighted by Gasteiger charge is -2.01. The summed E-state index contributed by atoms with van der Waals surface area (Å²) in [5.41, 5.74) is 0.725. The maximum atomic E-state index is 5.90. The highest BCUT2D eigenvalue weighted by molar-refractivity contribution is 6.35. The van der Waals surface area contributed by atoms with Crippen molar-refractivity contribution in [3.05, 3.63) is 28.2 Å². The molecule has 90 valence electrons. The van der Waals surface area contributed by atoms with E-state index in [1.54, 1.807) is 18.2 Å². The monoisotopic (exact) mass is 271 g/mol. The molecule has 2 aromatic rings. The van der Waals surface area contributed by atoms with E-state index in [1.807, 2.05) is 13.8 Å². The zero-order chi connectivity index (χ0) is 12.4. The summed E-state index contributed by atoms with van der Waals surface area (Å²) < 4.78 is 5.05. The van der Waals surface area contributed by atoms with Gasteiger partial charge in [-0.3, -0.25) is 0 Å². The molecule has 0 fully saturated rings. The minimum absolute atomic E-state index is 0.228. The zero-order valence-electron chi connectivity index (χ0n) is 9.37. The summed E-state index contributed by atoms with van der Waals surface area (Å²) in [5.74, 6) is 0.456. The molecule has 0 atom stereocenters. The van der Waals surface area contributed by atoms with Gasteiger partial charge in [-0.1, -0.05) is 28.4 Å². The fourth-order valence-corrected chi connectivity index (χ4v) is 1.86. The van der Waals surface area contributed by atoms with Gasteiger partial charge in [-0.15, -0.1) is 0 Å². The van der Waals surface area contributed by atoms with Crippen LogP contribution in [0.25, 0.3) is 11.4 Å². The predicted octanol–water partition coefficient (Wildman–Crippen LogP) is 3.86. The van der Waals surface area contributed by atoms with E-state index in [0.29, 0.717) is 21.9 Å². The highest BCUT2D eigenvalue weighted by atomic mass is 35.5. The Kier molecular flexibility index (Phi) is 3.54. The second-order valence-electron chi connectivity index (χ2n) is 3.88. The average molecular weight is 272 g/mol. The quantitative estimate of drug-likeness (QED) is 0.921. The Balaban J connectivity index is 2.30. The molecule has 1 heterocycles. The van der Waals surface area contributed by atoms with Gasteiger partial charge in [0.2, 0.25) is 5.82 Å². The molecule has 0 radical (unpaired) electrons. The summed E-state index contributed by atoms with van der Waals surface area (Å²) in [6.45, 7) is 3.97. The number of benzene rings is 1. The molecule has 6 heteroatoms. The van der Waals surface area contributed by atoms with Gasteiger partial charge in [-0.25, -0.2) is 0 Å². The van der Waals surface area contributed by atoms with Gasteiger partial charge < -0.3 is 9.84 Å². The van der Waals surface area contributed by atoms with Crippen molar-refractivity contribution in [2.24, 2.45) is 0 Å². The van der Waals surface area contributed by atoms with Crippen molar-refractivity contribution in [3.63, 3.8) is 0 Å². The van der Waals surface area contributed by atoms with Crippen LogP contribution in [0.1, 0.15) is 13.8 Å². The Morgan fingerprint density at radius 1 is 1.18 bits per heavy atom. The van der Waals surface area contributed by atoms with Crippen molar-refractivity contribution < 1.29 is 4.52 Å². The largest absolute Gasteiger partial charge is 0.336 e. The van der Waals surface area contributed by atoms with Crippen LogP contribution in [-0.2, 0) is 0 Å². The van der Waals surface area contributed by atoms with Crippen molar-refractivity contribution in [2.75, 3.05) is 5.32 Å². The molecule has 0 aliphatic carbocycles. The summed E-state index contributed by atoms with van der Waals surface area (Å²) in [5, 5.41) is 7.95. The number of nitrogens with one attached hydrogen (secondary N) is 1. The smallest absolute Gasteiger partial charge is 0.321 e. The van der Waals surface area contributed by atoms with Crippen LogP contribution in [0, 0.1) is 0 Å². The Morgan fingerprint density at radius 3 is 2.41 bits per heavy atom.